The summed E-state index contributed by atoms with van der Waals surface area (Å²) in [6.07, 6.45) is 13.3. The molecule has 35 heavy (non-hydrogen) atoms. The van der Waals surface area contributed by atoms with Crippen LogP contribution in [0.25, 0.3) is 0 Å². The number of aromatic nitrogens is 2. The van der Waals surface area contributed by atoms with Crippen molar-refractivity contribution in [2.45, 2.75) is 95.5 Å². The maximum atomic E-state index is 11.2. The monoisotopic (exact) mass is 484 g/mol. The van der Waals surface area contributed by atoms with E-state index in [1.807, 2.05) is 27.0 Å². The first-order valence-electron chi connectivity index (χ1n) is 11.2. The van der Waals surface area contributed by atoms with Gasteiger partial charge in [0.15, 0.2) is 5.78 Å². The number of aliphatic imine (C=N–C) groups is 2. The quantitative estimate of drug-likeness (QED) is 0.391. The molecule has 0 atom stereocenters. The standard InChI is InChI=1S/C10H15N.C9H13NO.C8H12N2O.2CH4/c1-8-5-6-9(11-7-8)10(2,3)4;1-9(2,3)7-4-8(11)6-10-5-7;1-8(2,3)10-5-4-9-6-7(10)11;;/h6-7H,1,5H2,2-4H3;5-6H,4H2,1-3H3;4-6H,1-3H3;2*1H4. The van der Waals surface area contributed by atoms with Crippen LogP contribution in [0.1, 0.15) is 90.0 Å². The SMILES string of the molecule is C.C.C=C1C=NC(C(C)(C)C)=CC1.CC(C)(C)C1=CN=CC(=O)C1.CC(C)(C)n1ccncc1=O. The van der Waals surface area contributed by atoms with Crippen molar-refractivity contribution in [2.24, 2.45) is 20.8 Å². The number of ketones is 1. The second-order valence-corrected chi connectivity index (χ2v) is 11.2. The van der Waals surface area contributed by atoms with Crippen molar-refractivity contribution in [3.05, 3.63) is 64.6 Å². The maximum Gasteiger partial charge on any atom is 0.269 e. The van der Waals surface area contributed by atoms with Crippen molar-refractivity contribution >= 4 is 18.2 Å². The van der Waals surface area contributed by atoms with Crippen LogP contribution < -0.4 is 5.56 Å². The summed E-state index contributed by atoms with van der Waals surface area (Å²) in [5.74, 6) is 0.109. The van der Waals surface area contributed by atoms with Gasteiger partial charge in [0.05, 0.1) is 12.4 Å². The van der Waals surface area contributed by atoms with E-state index < -0.39 is 0 Å². The Bertz CT molecular complexity index is 1020. The van der Waals surface area contributed by atoms with E-state index in [2.05, 4.69) is 69.2 Å². The van der Waals surface area contributed by atoms with Gasteiger partial charge in [-0.25, -0.2) is 0 Å². The van der Waals surface area contributed by atoms with E-state index in [1.54, 1.807) is 23.2 Å². The van der Waals surface area contributed by atoms with Crippen molar-refractivity contribution in [1.29, 1.82) is 0 Å². The number of carbonyl (C=O) groups excluding carboxylic acids is 1. The highest BCUT2D eigenvalue weighted by molar-refractivity contribution is 6.28. The lowest BCUT2D eigenvalue weighted by molar-refractivity contribution is -0.112. The molecule has 1 aromatic heterocycles. The van der Waals surface area contributed by atoms with Gasteiger partial charge >= 0.3 is 0 Å². The lowest BCUT2D eigenvalue weighted by Crippen LogP contribution is -2.32. The second-order valence-electron chi connectivity index (χ2n) is 11.2. The summed E-state index contributed by atoms with van der Waals surface area (Å²) in [5.41, 5.74) is 3.43. The molecule has 6 nitrogen and oxygen atoms in total. The lowest BCUT2D eigenvalue weighted by atomic mass is 9.83. The zero-order chi connectivity index (χ0) is 25.4. The van der Waals surface area contributed by atoms with Crippen LogP contribution >= 0.6 is 0 Å². The molecule has 0 spiro atoms. The molecule has 0 fully saturated rings. The van der Waals surface area contributed by atoms with E-state index in [-0.39, 0.29) is 42.6 Å². The van der Waals surface area contributed by atoms with Gasteiger partial charge in [0.25, 0.3) is 5.56 Å². The molecule has 0 radical (unpaired) electrons. The van der Waals surface area contributed by atoms with Crippen LogP contribution in [0.4, 0.5) is 0 Å². The summed E-state index contributed by atoms with van der Waals surface area (Å²) in [5, 5.41) is 0. The predicted octanol–water partition coefficient (Wildman–Crippen LogP) is 7.18. The van der Waals surface area contributed by atoms with E-state index in [0.29, 0.717) is 6.42 Å². The minimum absolute atomic E-state index is 0. The van der Waals surface area contributed by atoms with Gasteiger partial charge in [-0.2, -0.15) is 0 Å². The van der Waals surface area contributed by atoms with Gasteiger partial charge in [-0.15, -0.1) is 0 Å². The maximum absolute atomic E-state index is 11.2. The first-order chi connectivity index (χ1) is 15.0. The molecule has 196 valence electrons. The van der Waals surface area contributed by atoms with Gasteiger partial charge in [0.2, 0.25) is 0 Å². The summed E-state index contributed by atoms with van der Waals surface area (Å²) in [6, 6.07) is 0. The fourth-order valence-electron chi connectivity index (χ4n) is 2.84. The molecule has 0 aromatic carbocycles. The molecule has 6 heteroatoms. The Morgan fingerprint density at radius 3 is 1.86 bits per heavy atom. The molecular weight excluding hydrogens is 436 g/mol. The Balaban J connectivity index is 0. The smallest absolute Gasteiger partial charge is 0.269 e. The van der Waals surface area contributed by atoms with Crippen LogP contribution in [0.15, 0.2) is 69.1 Å². The van der Waals surface area contributed by atoms with E-state index in [1.165, 1.54) is 18.1 Å². The molecule has 3 heterocycles. The number of carbonyl (C=O) groups is 1. The number of rotatable bonds is 0. The number of hydrogen-bond acceptors (Lipinski definition) is 5. The summed E-state index contributed by atoms with van der Waals surface area (Å²) in [4.78, 5) is 34.0. The zero-order valence-electron chi connectivity index (χ0n) is 21.8. The van der Waals surface area contributed by atoms with Crippen LogP contribution in [0.2, 0.25) is 0 Å². The van der Waals surface area contributed by atoms with Crippen LogP contribution in [0, 0.1) is 10.8 Å². The topological polar surface area (TPSA) is 76.7 Å². The molecule has 0 bridgehead atoms. The molecule has 3 rings (SSSR count). The van der Waals surface area contributed by atoms with Crippen LogP contribution in [-0.2, 0) is 10.3 Å². The molecule has 0 saturated heterocycles. The lowest BCUT2D eigenvalue weighted by Gasteiger charge is -2.22. The first-order valence-corrected chi connectivity index (χ1v) is 11.2. The Kier molecular flexibility index (Phi) is 13.6. The molecule has 0 saturated carbocycles. The third-order valence-corrected chi connectivity index (χ3v) is 4.94. The number of hydrogen-bond donors (Lipinski definition) is 0. The van der Waals surface area contributed by atoms with Gasteiger partial charge in [0.1, 0.15) is 0 Å². The fraction of sp³-hybridized carbons (Fsp3) is 0.552. The molecule has 2 aliphatic rings. The van der Waals surface area contributed by atoms with Crippen molar-refractivity contribution in [3.63, 3.8) is 0 Å². The van der Waals surface area contributed by atoms with Gasteiger partial charge in [-0.05, 0) is 43.8 Å². The van der Waals surface area contributed by atoms with Crippen LogP contribution in [-0.4, -0.2) is 27.8 Å². The van der Waals surface area contributed by atoms with Gasteiger partial charge in [0, 0.05) is 47.9 Å². The minimum atomic E-state index is -0.153. The predicted molar refractivity (Wildman–Crippen MR) is 152 cm³/mol. The van der Waals surface area contributed by atoms with E-state index in [4.69, 9.17) is 0 Å². The number of allylic oxidation sites excluding steroid dienone is 4. The average Bonchev–Trinajstić information content (AvgIpc) is 2.67. The second kappa shape index (κ2) is 13.9. The van der Waals surface area contributed by atoms with Crippen molar-refractivity contribution < 1.29 is 4.79 Å². The minimum Gasteiger partial charge on any atom is -0.307 e. The fourth-order valence-corrected chi connectivity index (χ4v) is 2.84. The molecule has 0 N–H and O–H groups in total. The molecule has 0 amide bonds. The highest BCUT2D eigenvalue weighted by Crippen LogP contribution is 2.29. The van der Waals surface area contributed by atoms with E-state index in [0.717, 1.165) is 17.6 Å². The Morgan fingerprint density at radius 2 is 1.51 bits per heavy atom. The first kappa shape index (κ1) is 34.3. The molecule has 0 aliphatic carbocycles. The Labute approximate surface area is 213 Å². The highest BCUT2D eigenvalue weighted by Gasteiger charge is 2.20. The van der Waals surface area contributed by atoms with E-state index in [9.17, 15) is 9.59 Å². The third-order valence-electron chi connectivity index (χ3n) is 4.94. The molecule has 1 aromatic rings. The summed E-state index contributed by atoms with van der Waals surface area (Å²) in [6.45, 7) is 22.6. The van der Waals surface area contributed by atoms with Gasteiger partial charge in [-0.1, -0.05) is 69.1 Å². The summed E-state index contributed by atoms with van der Waals surface area (Å²) >= 11 is 0. The average molecular weight is 485 g/mol. The number of Topliss-reactive ketones (excluding diaryl/α,β-unsaturated/α-hetero) is 1. The van der Waals surface area contributed by atoms with Crippen LogP contribution in [0.3, 0.4) is 0 Å². The van der Waals surface area contributed by atoms with Gasteiger partial charge in [-0.3, -0.25) is 24.6 Å². The molecule has 0 unspecified atom stereocenters. The van der Waals surface area contributed by atoms with Gasteiger partial charge < -0.3 is 4.57 Å². The molecule has 2 aliphatic heterocycles. The third kappa shape index (κ3) is 12.4. The largest absolute Gasteiger partial charge is 0.307 e. The van der Waals surface area contributed by atoms with Crippen molar-refractivity contribution in [2.75, 3.05) is 0 Å². The van der Waals surface area contributed by atoms with Crippen molar-refractivity contribution in [3.8, 4) is 0 Å². The Hall–Kier alpha value is -2.89. The summed E-state index contributed by atoms with van der Waals surface area (Å²) < 4.78 is 1.65. The number of nitrogens with zero attached hydrogens (tertiary/aromatic N) is 4. The Morgan fingerprint density at radius 1 is 0.914 bits per heavy atom. The van der Waals surface area contributed by atoms with Crippen LogP contribution in [0.5, 0.6) is 0 Å². The van der Waals surface area contributed by atoms with E-state index >= 15 is 0 Å². The highest BCUT2D eigenvalue weighted by atomic mass is 16.1. The molecular formula is C29H48N4O2. The van der Waals surface area contributed by atoms with Crippen molar-refractivity contribution in [1.82, 2.24) is 9.55 Å². The summed E-state index contributed by atoms with van der Waals surface area (Å²) in [7, 11) is 0. The zero-order valence-corrected chi connectivity index (χ0v) is 21.8. The normalized spacial score (nSPS) is 15.2.